The summed E-state index contributed by atoms with van der Waals surface area (Å²) in [6.07, 6.45) is 21.5. The lowest BCUT2D eigenvalue weighted by Gasteiger charge is -2.25. The highest BCUT2D eigenvalue weighted by Gasteiger charge is 2.25. The Balaban J connectivity index is 4.56. The number of hydrogen-bond acceptors (Lipinski definition) is 7. The number of aliphatic carboxylic acids is 1. The normalized spacial score (nSPS) is 13.2. The average molecular weight is 629 g/mol. The smallest absolute Gasteiger partial charge is 0.361 e. The summed E-state index contributed by atoms with van der Waals surface area (Å²) in [5, 5.41) is 9.53. The van der Waals surface area contributed by atoms with Crippen molar-refractivity contribution >= 4 is 17.9 Å². The highest BCUT2D eigenvalue weighted by atomic mass is 16.7. The minimum atomic E-state index is -1.50. The molecular formula is C35H66NO8+. The van der Waals surface area contributed by atoms with Gasteiger partial charge in [-0.25, -0.2) is 4.79 Å². The molecule has 0 spiro atoms. The maximum absolute atomic E-state index is 12.6. The molecule has 0 rings (SSSR count). The largest absolute Gasteiger partial charge is 0.477 e. The van der Waals surface area contributed by atoms with Gasteiger partial charge in [-0.1, -0.05) is 96.6 Å². The lowest BCUT2D eigenvalue weighted by atomic mass is 10.1. The Hall–Kier alpha value is -1.97. The van der Waals surface area contributed by atoms with Crippen LogP contribution in [0.4, 0.5) is 0 Å². The number of likely N-dealkylation sites (N-methyl/N-ethyl adjacent to an activating group) is 1. The Morgan fingerprint density at radius 2 is 1.16 bits per heavy atom. The molecule has 0 aliphatic carbocycles. The third kappa shape index (κ3) is 28.8. The number of allylic oxidation sites excluding steroid dienone is 2. The van der Waals surface area contributed by atoms with E-state index >= 15 is 0 Å². The molecule has 2 atom stereocenters. The molecule has 0 saturated heterocycles. The molecule has 0 amide bonds. The molecule has 0 aromatic heterocycles. The van der Waals surface area contributed by atoms with E-state index in [1.165, 1.54) is 51.4 Å². The van der Waals surface area contributed by atoms with Crippen LogP contribution in [-0.2, 0) is 33.3 Å². The molecule has 0 heterocycles. The summed E-state index contributed by atoms with van der Waals surface area (Å²) in [5.74, 6) is -2.03. The molecule has 1 N–H and O–H groups in total. The number of quaternary nitrogens is 1. The second-order valence-electron chi connectivity index (χ2n) is 12.8. The zero-order chi connectivity index (χ0) is 32.9. The second kappa shape index (κ2) is 28.5. The van der Waals surface area contributed by atoms with Crippen molar-refractivity contribution in [1.29, 1.82) is 0 Å². The summed E-state index contributed by atoms with van der Waals surface area (Å²) in [7, 11) is 5.93. The maximum atomic E-state index is 12.6. The number of unbranched alkanes of at least 4 members (excludes halogenated alkanes) is 14. The molecule has 0 fully saturated rings. The van der Waals surface area contributed by atoms with E-state index in [0.29, 0.717) is 23.9 Å². The number of carboxylic acid groups (broad SMARTS) is 1. The fraction of sp³-hybridized carbons (Fsp3) is 0.857. The molecule has 0 radical (unpaired) electrons. The number of esters is 2. The van der Waals surface area contributed by atoms with Gasteiger partial charge in [0.2, 0.25) is 0 Å². The van der Waals surface area contributed by atoms with Crippen molar-refractivity contribution < 1.29 is 42.9 Å². The summed E-state index contributed by atoms with van der Waals surface area (Å²) in [5.41, 5.74) is 0. The van der Waals surface area contributed by atoms with Gasteiger partial charge in [-0.2, -0.15) is 0 Å². The van der Waals surface area contributed by atoms with Crippen LogP contribution < -0.4 is 0 Å². The molecule has 0 aromatic rings. The third-order valence-electron chi connectivity index (χ3n) is 7.27. The highest BCUT2D eigenvalue weighted by Crippen LogP contribution is 2.12. The van der Waals surface area contributed by atoms with Gasteiger partial charge < -0.3 is 28.5 Å². The minimum absolute atomic E-state index is 0.183. The third-order valence-corrected chi connectivity index (χ3v) is 7.27. The van der Waals surface area contributed by atoms with Crippen LogP contribution in [0.2, 0.25) is 0 Å². The van der Waals surface area contributed by atoms with Gasteiger partial charge >= 0.3 is 17.9 Å². The Morgan fingerprint density at radius 1 is 0.659 bits per heavy atom. The monoisotopic (exact) mass is 628 g/mol. The van der Waals surface area contributed by atoms with Crippen LogP contribution in [0, 0.1) is 0 Å². The summed E-state index contributed by atoms with van der Waals surface area (Å²) in [6.45, 7) is 4.75. The van der Waals surface area contributed by atoms with E-state index in [1.54, 1.807) is 0 Å². The molecule has 44 heavy (non-hydrogen) atoms. The first-order valence-corrected chi connectivity index (χ1v) is 17.4. The van der Waals surface area contributed by atoms with E-state index in [0.717, 1.165) is 51.4 Å². The van der Waals surface area contributed by atoms with Crippen LogP contribution in [0.25, 0.3) is 0 Å². The first-order valence-electron chi connectivity index (χ1n) is 17.4. The number of carboxylic acids is 1. The SMILES string of the molecule is CCCCCC/C=C\CCCCCCCC(=O)OC(COC(=O)CCCCCCCC)COC(OCC[N+](C)(C)C)C(=O)O. The first kappa shape index (κ1) is 42.0. The molecule has 0 bridgehead atoms. The minimum Gasteiger partial charge on any atom is -0.477 e. The second-order valence-corrected chi connectivity index (χ2v) is 12.8. The summed E-state index contributed by atoms with van der Waals surface area (Å²) < 4.78 is 22.4. The first-order chi connectivity index (χ1) is 21.1. The van der Waals surface area contributed by atoms with Crippen LogP contribution in [0.5, 0.6) is 0 Å². The zero-order valence-corrected chi connectivity index (χ0v) is 28.8. The van der Waals surface area contributed by atoms with E-state index < -0.39 is 24.3 Å². The van der Waals surface area contributed by atoms with Crippen molar-refractivity contribution in [2.45, 2.75) is 148 Å². The molecular weight excluding hydrogens is 562 g/mol. The predicted molar refractivity (Wildman–Crippen MR) is 175 cm³/mol. The van der Waals surface area contributed by atoms with Crippen molar-refractivity contribution in [3.8, 4) is 0 Å². The van der Waals surface area contributed by atoms with E-state index in [1.807, 2.05) is 21.1 Å². The van der Waals surface area contributed by atoms with Gasteiger partial charge in [-0.3, -0.25) is 9.59 Å². The van der Waals surface area contributed by atoms with E-state index in [9.17, 15) is 19.5 Å². The molecule has 2 unspecified atom stereocenters. The topological polar surface area (TPSA) is 108 Å². The number of nitrogens with zero attached hydrogens (tertiary/aromatic N) is 1. The van der Waals surface area contributed by atoms with Crippen LogP contribution in [0.1, 0.15) is 136 Å². The highest BCUT2D eigenvalue weighted by molar-refractivity contribution is 5.71. The summed E-state index contributed by atoms with van der Waals surface area (Å²) in [4.78, 5) is 36.5. The number of carbonyl (C=O) groups is 3. The number of rotatable bonds is 31. The predicted octanol–water partition coefficient (Wildman–Crippen LogP) is 7.60. The summed E-state index contributed by atoms with van der Waals surface area (Å²) in [6, 6.07) is 0. The Kier molecular flexibility index (Phi) is 27.2. The van der Waals surface area contributed by atoms with Crippen LogP contribution >= 0.6 is 0 Å². The molecule has 9 nitrogen and oxygen atoms in total. The summed E-state index contributed by atoms with van der Waals surface area (Å²) >= 11 is 0. The van der Waals surface area contributed by atoms with E-state index in [-0.39, 0.29) is 32.2 Å². The van der Waals surface area contributed by atoms with Crippen molar-refractivity contribution in [2.24, 2.45) is 0 Å². The lowest BCUT2D eigenvalue weighted by Crippen LogP contribution is -2.40. The van der Waals surface area contributed by atoms with Gasteiger partial charge in [0.1, 0.15) is 13.2 Å². The molecule has 9 heteroatoms. The molecule has 0 aromatic carbocycles. The van der Waals surface area contributed by atoms with Crippen molar-refractivity contribution in [1.82, 2.24) is 0 Å². The number of ether oxygens (including phenoxy) is 4. The average Bonchev–Trinajstić information content (AvgIpc) is 2.96. The molecule has 258 valence electrons. The van der Waals surface area contributed by atoms with Gasteiger partial charge in [0.25, 0.3) is 6.29 Å². The standard InChI is InChI=1S/C35H65NO8/c1-6-8-10-12-14-15-16-17-18-19-20-22-24-26-33(38)44-31(29-42-32(37)25-23-21-13-11-9-7-2)30-43-35(34(39)40)41-28-27-36(3,4)5/h15-16,31,35H,6-14,17-30H2,1-5H3/p+1/b16-15-. The molecule has 0 saturated carbocycles. The number of hydrogen-bond donors (Lipinski definition) is 1. The Morgan fingerprint density at radius 3 is 1.70 bits per heavy atom. The van der Waals surface area contributed by atoms with Crippen LogP contribution in [0.15, 0.2) is 12.2 Å². The van der Waals surface area contributed by atoms with Gasteiger partial charge in [0.05, 0.1) is 34.4 Å². The van der Waals surface area contributed by atoms with Gasteiger partial charge in [0, 0.05) is 12.8 Å². The van der Waals surface area contributed by atoms with Crippen LogP contribution in [-0.4, -0.2) is 87.4 Å². The van der Waals surface area contributed by atoms with Crippen molar-refractivity contribution in [3.63, 3.8) is 0 Å². The Labute approximate surface area is 268 Å². The van der Waals surface area contributed by atoms with Crippen molar-refractivity contribution in [2.75, 3.05) is 47.5 Å². The van der Waals surface area contributed by atoms with Gasteiger partial charge in [-0.05, 0) is 38.5 Å². The zero-order valence-electron chi connectivity index (χ0n) is 28.8. The van der Waals surface area contributed by atoms with E-state index in [4.69, 9.17) is 18.9 Å². The Bertz CT molecular complexity index is 750. The fourth-order valence-corrected chi connectivity index (χ4v) is 4.47. The molecule has 0 aliphatic rings. The van der Waals surface area contributed by atoms with Gasteiger partial charge in [0.15, 0.2) is 6.10 Å². The van der Waals surface area contributed by atoms with Crippen molar-refractivity contribution in [3.05, 3.63) is 12.2 Å². The molecule has 0 aliphatic heterocycles. The number of carbonyl (C=O) groups excluding carboxylic acids is 2. The van der Waals surface area contributed by atoms with Crippen LogP contribution in [0.3, 0.4) is 0 Å². The van der Waals surface area contributed by atoms with Gasteiger partial charge in [-0.15, -0.1) is 0 Å². The van der Waals surface area contributed by atoms with E-state index in [2.05, 4.69) is 26.0 Å². The maximum Gasteiger partial charge on any atom is 0.361 e. The lowest BCUT2D eigenvalue weighted by molar-refractivity contribution is -0.870. The quantitative estimate of drug-likeness (QED) is 0.0275. The fourth-order valence-electron chi connectivity index (χ4n) is 4.47.